The zero-order chi connectivity index (χ0) is 20.1. The van der Waals surface area contributed by atoms with Gasteiger partial charge in [-0.25, -0.2) is 4.79 Å². The van der Waals surface area contributed by atoms with Crippen molar-refractivity contribution in [3.05, 3.63) is 35.9 Å². The van der Waals surface area contributed by atoms with Crippen molar-refractivity contribution >= 4 is 5.97 Å². The van der Waals surface area contributed by atoms with Crippen molar-refractivity contribution in [3.63, 3.8) is 0 Å². The average Bonchev–Trinajstić information content (AvgIpc) is 3.43. The first-order valence-corrected chi connectivity index (χ1v) is 10.6. The van der Waals surface area contributed by atoms with Gasteiger partial charge in [-0.3, -0.25) is 4.90 Å². The van der Waals surface area contributed by atoms with Gasteiger partial charge in [-0.1, -0.05) is 30.3 Å². The molecule has 0 amide bonds. The Bertz CT molecular complexity index is 700. The number of fused-ring (bicyclic) bond motifs is 1. The molecule has 1 aromatic carbocycles. The highest BCUT2D eigenvalue weighted by atomic mass is 16.4. The molecule has 4 rings (SSSR count). The summed E-state index contributed by atoms with van der Waals surface area (Å²) in [6, 6.07) is 10.1. The van der Waals surface area contributed by atoms with E-state index in [0.717, 1.165) is 36.3 Å². The van der Waals surface area contributed by atoms with Gasteiger partial charge >= 0.3 is 5.97 Å². The van der Waals surface area contributed by atoms with Crippen LogP contribution in [0.2, 0.25) is 0 Å². The van der Waals surface area contributed by atoms with E-state index in [9.17, 15) is 4.79 Å². The Labute approximate surface area is 168 Å². The van der Waals surface area contributed by atoms with Crippen LogP contribution in [0, 0.1) is 29.6 Å². The molecule has 0 spiro atoms. The topological polar surface area (TPSA) is 60.8 Å². The van der Waals surface area contributed by atoms with E-state index < -0.39 is 12.1 Å². The molecular formula is C24H33NO3. The van der Waals surface area contributed by atoms with Crippen molar-refractivity contribution in [2.24, 2.45) is 17.8 Å². The molecule has 1 aromatic rings. The highest BCUT2D eigenvalue weighted by Crippen LogP contribution is 2.51. The Hall–Kier alpha value is -1.83. The molecule has 1 aliphatic heterocycles. The van der Waals surface area contributed by atoms with E-state index in [0.29, 0.717) is 5.56 Å². The Balaban J connectivity index is 0.000000178. The first-order chi connectivity index (χ1) is 13.5. The van der Waals surface area contributed by atoms with Crippen LogP contribution in [0.1, 0.15) is 64.0 Å². The van der Waals surface area contributed by atoms with Gasteiger partial charge in [-0.2, -0.15) is 0 Å². The summed E-state index contributed by atoms with van der Waals surface area (Å²) in [4.78, 5) is 13.1. The van der Waals surface area contributed by atoms with Crippen LogP contribution in [0.3, 0.4) is 0 Å². The van der Waals surface area contributed by atoms with Gasteiger partial charge in [0.05, 0.1) is 0 Å². The number of rotatable bonds is 4. The van der Waals surface area contributed by atoms with E-state index in [2.05, 4.69) is 23.7 Å². The Morgan fingerprint density at radius 3 is 2.43 bits per heavy atom. The Kier molecular flexibility index (Phi) is 7.15. The van der Waals surface area contributed by atoms with E-state index >= 15 is 0 Å². The molecule has 2 unspecified atom stereocenters. The highest BCUT2D eigenvalue weighted by molar-refractivity contribution is 5.73. The first-order valence-electron chi connectivity index (χ1n) is 10.6. The number of aliphatic hydroxyl groups is 1. The van der Waals surface area contributed by atoms with E-state index in [1.165, 1.54) is 38.6 Å². The van der Waals surface area contributed by atoms with Gasteiger partial charge in [0.15, 0.2) is 6.10 Å². The van der Waals surface area contributed by atoms with Crippen LogP contribution >= 0.6 is 0 Å². The minimum atomic E-state index is -1.41. The van der Waals surface area contributed by atoms with Gasteiger partial charge in [0.2, 0.25) is 0 Å². The van der Waals surface area contributed by atoms with Gasteiger partial charge in [-0.15, -0.1) is 11.8 Å². The molecule has 28 heavy (non-hydrogen) atoms. The van der Waals surface area contributed by atoms with E-state index in [1.54, 1.807) is 30.3 Å². The van der Waals surface area contributed by atoms with Gasteiger partial charge in [0, 0.05) is 25.0 Å². The lowest BCUT2D eigenvalue weighted by Crippen LogP contribution is -2.42. The molecule has 0 bridgehead atoms. The number of carboxylic acid groups (broad SMARTS) is 1. The normalized spacial score (nSPS) is 32.2. The van der Waals surface area contributed by atoms with Crippen molar-refractivity contribution in [1.29, 1.82) is 0 Å². The molecule has 2 N–H and O–H groups in total. The van der Waals surface area contributed by atoms with Crippen LogP contribution < -0.4 is 0 Å². The van der Waals surface area contributed by atoms with Crippen molar-refractivity contribution < 1.29 is 15.0 Å². The molecule has 4 heteroatoms. The second-order valence-electron chi connectivity index (χ2n) is 8.55. The highest BCUT2D eigenvalue weighted by Gasteiger charge is 2.51. The maximum Gasteiger partial charge on any atom is 0.337 e. The maximum atomic E-state index is 10.2. The average molecular weight is 384 g/mol. The van der Waals surface area contributed by atoms with E-state index in [1.807, 2.05) is 6.92 Å². The lowest BCUT2D eigenvalue weighted by molar-refractivity contribution is -0.146. The molecule has 1 saturated heterocycles. The number of piperidine rings is 1. The number of aliphatic carboxylic acids is 1. The second-order valence-corrected chi connectivity index (χ2v) is 8.55. The van der Waals surface area contributed by atoms with Crippen LogP contribution in [0.5, 0.6) is 0 Å². The summed E-state index contributed by atoms with van der Waals surface area (Å²) in [6.45, 7) is 5.84. The summed E-state index contributed by atoms with van der Waals surface area (Å²) in [5.41, 5.74) is 0.403. The summed E-state index contributed by atoms with van der Waals surface area (Å²) < 4.78 is 0. The minimum Gasteiger partial charge on any atom is -0.479 e. The number of carboxylic acids is 1. The fourth-order valence-electron chi connectivity index (χ4n) is 4.94. The molecule has 4 nitrogen and oxygen atoms in total. The predicted molar refractivity (Wildman–Crippen MR) is 111 cm³/mol. The number of likely N-dealkylation sites (tertiary alicyclic amines) is 1. The Morgan fingerprint density at radius 2 is 1.89 bits per heavy atom. The molecular weight excluding hydrogens is 350 g/mol. The Morgan fingerprint density at radius 1 is 1.21 bits per heavy atom. The quantitative estimate of drug-likeness (QED) is 0.769. The SMILES string of the molecule is CC#CCC1CCC(N2C[C@@H]3C[C@@H]3C2C)CC1.O=C(O)C(O)c1ccccc1. The molecule has 1 heterocycles. The van der Waals surface area contributed by atoms with Gasteiger partial charge in [0.1, 0.15) is 0 Å². The molecule has 0 radical (unpaired) electrons. The van der Waals surface area contributed by atoms with E-state index in [-0.39, 0.29) is 0 Å². The van der Waals surface area contributed by atoms with Crippen LogP contribution in [0.25, 0.3) is 0 Å². The lowest BCUT2D eigenvalue weighted by atomic mass is 9.83. The predicted octanol–water partition coefficient (Wildman–Crippen LogP) is 4.10. The molecule has 152 valence electrons. The van der Waals surface area contributed by atoms with Crippen LogP contribution in [-0.4, -0.2) is 39.7 Å². The van der Waals surface area contributed by atoms with Gasteiger partial charge in [-0.05, 0) is 69.3 Å². The number of nitrogens with zero attached hydrogens (tertiary/aromatic N) is 1. The van der Waals surface area contributed by atoms with Gasteiger partial charge < -0.3 is 10.2 Å². The molecule has 3 fully saturated rings. The molecule has 0 aromatic heterocycles. The summed E-state index contributed by atoms with van der Waals surface area (Å²) in [6.07, 6.45) is 6.95. The minimum absolute atomic E-state index is 0.403. The zero-order valence-corrected chi connectivity index (χ0v) is 17.1. The molecule has 2 aliphatic carbocycles. The summed E-state index contributed by atoms with van der Waals surface area (Å²) in [5.74, 6) is 8.12. The third-order valence-corrected chi connectivity index (χ3v) is 6.77. The monoisotopic (exact) mass is 383 g/mol. The number of hydrogen-bond acceptors (Lipinski definition) is 3. The first kappa shape index (κ1) is 20.9. The fourth-order valence-corrected chi connectivity index (χ4v) is 4.94. The van der Waals surface area contributed by atoms with Crippen molar-refractivity contribution in [3.8, 4) is 11.8 Å². The summed E-state index contributed by atoms with van der Waals surface area (Å²) >= 11 is 0. The third-order valence-electron chi connectivity index (χ3n) is 6.77. The van der Waals surface area contributed by atoms with Crippen LogP contribution in [0.4, 0.5) is 0 Å². The van der Waals surface area contributed by atoms with Crippen molar-refractivity contribution in [1.82, 2.24) is 4.90 Å². The van der Waals surface area contributed by atoms with Crippen molar-refractivity contribution in [2.45, 2.75) is 70.6 Å². The zero-order valence-electron chi connectivity index (χ0n) is 17.1. The molecule has 2 saturated carbocycles. The van der Waals surface area contributed by atoms with Crippen LogP contribution in [-0.2, 0) is 4.79 Å². The molecule has 3 aliphatic rings. The summed E-state index contributed by atoms with van der Waals surface area (Å²) in [7, 11) is 0. The molecule has 4 atom stereocenters. The van der Waals surface area contributed by atoms with E-state index in [4.69, 9.17) is 10.2 Å². The van der Waals surface area contributed by atoms with Gasteiger partial charge in [0.25, 0.3) is 0 Å². The number of aliphatic hydroxyl groups excluding tert-OH is 1. The number of hydrogen-bond donors (Lipinski definition) is 2. The second kappa shape index (κ2) is 9.58. The smallest absolute Gasteiger partial charge is 0.337 e. The summed E-state index contributed by atoms with van der Waals surface area (Å²) in [5, 5.41) is 17.4. The maximum absolute atomic E-state index is 10.2. The largest absolute Gasteiger partial charge is 0.479 e. The van der Waals surface area contributed by atoms with Crippen molar-refractivity contribution in [2.75, 3.05) is 6.54 Å². The lowest BCUT2D eigenvalue weighted by Gasteiger charge is -2.38. The number of benzene rings is 1. The number of carbonyl (C=O) groups is 1. The standard InChI is InChI=1S/C16H25N.C8H8O3/c1-3-4-5-13-6-8-15(9-7-13)17-11-14-10-16(14)12(17)2;9-7(8(10)11)6-4-2-1-3-5-6/h12-16H,5-11H2,1-2H3;1-5,7,9H,(H,10,11)/t12?,13?,14-,15?,16+;/m0./s1. The van der Waals surface area contributed by atoms with Crippen LogP contribution in [0.15, 0.2) is 30.3 Å². The third kappa shape index (κ3) is 5.16. The fraction of sp³-hybridized carbons (Fsp3) is 0.625.